The summed E-state index contributed by atoms with van der Waals surface area (Å²) in [6, 6.07) is 5.01. The molecule has 1 rings (SSSR count). The number of ether oxygens (including phenoxy) is 2. The lowest BCUT2D eigenvalue weighted by atomic mass is 10.1. The maximum atomic E-state index is 12.1. The molecule has 1 aromatic carbocycles. The predicted molar refractivity (Wildman–Crippen MR) is 85.2 cm³/mol. The normalized spacial score (nSPS) is 12.2. The Morgan fingerprint density at radius 3 is 2.22 bits per heavy atom. The molecule has 1 amide bonds. The molecule has 7 heteroatoms. The molecule has 0 radical (unpaired) electrons. The second-order valence-electron chi connectivity index (χ2n) is 5.85. The molecule has 126 valence electrons. The van der Waals surface area contributed by atoms with Crippen LogP contribution in [0.2, 0.25) is 5.02 Å². The SMILES string of the molecule is COC(=O)[C@@H](CC(=O)OC(C)(C)C)NC(=O)c1ccc(Cl)cc1. The number of hydrogen-bond donors (Lipinski definition) is 1. The van der Waals surface area contributed by atoms with Gasteiger partial charge in [-0.05, 0) is 45.0 Å². The molecule has 1 N–H and O–H groups in total. The summed E-state index contributed by atoms with van der Waals surface area (Å²) in [5.74, 6) is -1.84. The van der Waals surface area contributed by atoms with Gasteiger partial charge in [0.05, 0.1) is 13.5 Å². The van der Waals surface area contributed by atoms with E-state index in [2.05, 4.69) is 10.1 Å². The lowest BCUT2D eigenvalue weighted by molar-refractivity contribution is -0.158. The van der Waals surface area contributed by atoms with Gasteiger partial charge in [0.25, 0.3) is 5.91 Å². The highest BCUT2D eigenvalue weighted by Gasteiger charge is 2.27. The van der Waals surface area contributed by atoms with Gasteiger partial charge in [0, 0.05) is 10.6 Å². The molecule has 0 aliphatic carbocycles. The molecule has 0 heterocycles. The summed E-state index contributed by atoms with van der Waals surface area (Å²) >= 11 is 5.76. The third-order valence-corrected chi connectivity index (χ3v) is 2.94. The van der Waals surface area contributed by atoms with Gasteiger partial charge in [0.15, 0.2) is 0 Å². The van der Waals surface area contributed by atoms with Crippen LogP contribution in [0.1, 0.15) is 37.6 Å². The van der Waals surface area contributed by atoms with Crippen molar-refractivity contribution in [2.45, 2.75) is 38.8 Å². The number of carbonyl (C=O) groups excluding carboxylic acids is 3. The predicted octanol–water partition coefficient (Wildman–Crippen LogP) is 2.34. The van der Waals surface area contributed by atoms with Gasteiger partial charge in [-0.1, -0.05) is 11.6 Å². The molecule has 6 nitrogen and oxygen atoms in total. The third kappa shape index (κ3) is 6.69. The highest BCUT2D eigenvalue weighted by atomic mass is 35.5. The van der Waals surface area contributed by atoms with Crippen LogP contribution in [0, 0.1) is 0 Å². The van der Waals surface area contributed by atoms with Gasteiger partial charge in [-0.2, -0.15) is 0 Å². The van der Waals surface area contributed by atoms with Gasteiger partial charge in [-0.15, -0.1) is 0 Å². The lowest BCUT2D eigenvalue weighted by Gasteiger charge is -2.22. The van der Waals surface area contributed by atoms with E-state index in [9.17, 15) is 14.4 Å². The van der Waals surface area contributed by atoms with E-state index in [1.165, 1.54) is 19.2 Å². The van der Waals surface area contributed by atoms with Gasteiger partial charge in [0.2, 0.25) is 0 Å². The Balaban J connectivity index is 2.78. The van der Waals surface area contributed by atoms with Crippen molar-refractivity contribution in [1.82, 2.24) is 5.32 Å². The zero-order chi connectivity index (χ0) is 17.6. The average Bonchev–Trinajstić information content (AvgIpc) is 2.44. The number of hydrogen-bond acceptors (Lipinski definition) is 5. The number of benzene rings is 1. The zero-order valence-corrected chi connectivity index (χ0v) is 14.3. The molecule has 0 bridgehead atoms. The first-order valence-electron chi connectivity index (χ1n) is 6.98. The molecule has 1 aromatic rings. The van der Waals surface area contributed by atoms with Crippen molar-refractivity contribution in [3.8, 4) is 0 Å². The Morgan fingerprint density at radius 2 is 1.74 bits per heavy atom. The molecular formula is C16H20ClNO5. The minimum absolute atomic E-state index is 0.312. The maximum Gasteiger partial charge on any atom is 0.328 e. The van der Waals surface area contributed by atoms with Gasteiger partial charge >= 0.3 is 11.9 Å². The fourth-order valence-electron chi connectivity index (χ4n) is 1.73. The monoisotopic (exact) mass is 341 g/mol. The molecule has 0 unspecified atom stereocenters. The number of methoxy groups -OCH3 is 1. The Morgan fingerprint density at radius 1 is 1.17 bits per heavy atom. The summed E-state index contributed by atoms with van der Waals surface area (Å²) in [7, 11) is 1.18. The fourth-order valence-corrected chi connectivity index (χ4v) is 1.85. The van der Waals surface area contributed by atoms with Crippen LogP contribution in [0.4, 0.5) is 0 Å². The molecule has 1 atom stereocenters. The van der Waals surface area contributed by atoms with Crippen molar-refractivity contribution in [3.05, 3.63) is 34.9 Å². The summed E-state index contributed by atoms with van der Waals surface area (Å²) < 4.78 is 9.77. The Kier molecular flexibility index (Phi) is 6.57. The standard InChI is InChI=1S/C16H20ClNO5/c1-16(2,3)23-13(19)9-12(15(21)22-4)18-14(20)10-5-7-11(17)8-6-10/h5-8,12H,9H2,1-4H3,(H,18,20)/t12-/m1/s1. The van der Waals surface area contributed by atoms with E-state index in [-0.39, 0.29) is 6.42 Å². The molecule has 0 spiro atoms. The lowest BCUT2D eigenvalue weighted by Crippen LogP contribution is -2.43. The summed E-state index contributed by atoms with van der Waals surface area (Å²) in [4.78, 5) is 35.8. The number of carbonyl (C=O) groups is 3. The molecule has 0 aromatic heterocycles. The first kappa shape index (κ1) is 19.0. The third-order valence-electron chi connectivity index (χ3n) is 2.69. The van der Waals surface area contributed by atoms with E-state index in [0.29, 0.717) is 10.6 Å². The maximum absolute atomic E-state index is 12.1. The van der Waals surface area contributed by atoms with Crippen LogP contribution in [0.25, 0.3) is 0 Å². The largest absolute Gasteiger partial charge is 0.467 e. The molecule has 0 aliphatic rings. The van der Waals surface area contributed by atoms with Crippen LogP contribution in [0.5, 0.6) is 0 Å². The summed E-state index contributed by atoms with van der Waals surface area (Å²) in [5, 5.41) is 2.95. The Labute approximate surface area is 140 Å². The van der Waals surface area contributed by atoms with E-state index in [4.69, 9.17) is 16.3 Å². The van der Waals surface area contributed by atoms with Gasteiger partial charge in [-0.3, -0.25) is 9.59 Å². The van der Waals surface area contributed by atoms with Crippen LogP contribution in [-0.4, -0.2) is 36.6 Å². The van der Waals surface area contributed by atoms with Crippen LogP contribution in [-0.2, 0) is 19.1 Å². The second-order valence-corrected chi connectivity index (χ2v) is 6.28. The number of nitrogens with one attached hydrogen (secondary N) is 1. The van der Waals surface area contributed by atoms with Crippen LogP contribution in [0.3, 0.4) is 0 Å². The summed E-state index contributed by atoms with van der Waals surface area (Å²) in [5.41, 5.74) is -0.370. The van der Waals surface area contributed by atoms with Gasteiger partial charge in [0.1, 0.15) is 11.6 Å². The van der Waals surface area contributed by atoms with E-state index in [1.54, 1.807) is 32.9 Å². The van der Waals surface area contributed by atoms with Crippen molar-refractivity contribution < 1.29 is 23.9 Å². The highest BCUT2D eigenvalue weighted by Crippen LogP contribution is 2.12. The highest BCUT2D eigenvalue weighted by molar-refractivity contribution is 6.30. The van der Waals surface area contributed by atoms with Crippen molar-refractivity contribution in [3.63, 3.8) is 0 Å². The van der Waals surface area contributed by atoms with E-state index in [0.717, 1.165) is 0 Å². The van der Waals surface area contributed by atoms with Crippen molar-refractivity contribution in [2.24, 2.45) is 0 Å². The van der Waals surface area contributed by atoms with Crippen molar-refractivity contribution in [1.29, 1.82) is 0 Å². The van der Waals surface area contributed by atoms with Crippen LogP contribution >= 0.6 is 11.6 Å². The van der Waals surface area contributed by atoms with Crippen LogP contribution < -0.4 is 5.32 Å². The van der Waals surface area contributed by atoms with Crippen LogP contribution in [0.15, 0.2) is 24.3 Å². The molecule has 0 aliphatic heterocycles. The summed E-state index contributed by atoms with van der Waals surface area (Å²) in [6.07, 6.45) is -0.316. The number of rotatable bonds is 5. The number of amides is 1. The molecule has 23 heavy (non-hydrogen) atoms. The fraction of sp³-hybridized carbons (Fsp3) is 0.438. The smallest absolute Gasteiger partial charge is 0.328 e. The minimum atomic E-state index is -1.13. The van der Waals surface area contributed by atoms with E-state index < -0.39 is 29.5 Å². The van der Waals surface area contributed by atoms with E-state index in [1.807, 2.05) is 0 Å². The van der Waals surface area contributed by atoms with Crippen molar-refractivity contribution >= 4 is 29.4 Å². The first-order chi connectivity index (χ1) is 10.6. The topological polar surface area (TPSA) is 81.7 Å². The first-order valence-corrected chi connectivity index (χ1v) is 7.36. The quantitative estimate of drug-likeness (QED) is 0.831. The van der Waals surface area contributed by atoms with Crippen molar-refractivity contribution in [2.75, 3.05) is 7.11 Å². The molecule has 0 saturated carbocycles. The molecule has 0 saturated heterocycles. The van der Waals surface area contributed by atoms with Gasteiger partial charge < -0.3 is 14.8 Å². The average molecular weight is 342 g/mol. The zero-order valence-electron chi connectivity index (χ0n) is 13.5. The molecule has 0 fully saturated rings. The number of halogens is 1. The second kappa shape index (κ2) is 7.97. The van der Waals surface area contributed by atoms with Gasteiger partial charge in [-0.25, -0.2) is 4.79 Å². The minimum Gasteiger partial charge on any atom is -0.467 e. The molecular weight excluding hydrogens is 322 g/mol. The Hall–Kier alpha value is -2.08. The summed E-state index contributed by atoms with van der Waals surface area (Å²) in [6.45, 7) is 5.14. The number of esters is 2. The Bertz CT molecular complexity index is 577. The van der Waals surface area contributed by atoms with E-state index >= 15 is 0 Å².